The number of aryl methyl sites for hydroxylation is 1. The molecule has 0 aliphatic heterocycles. The molecule has 3 rings (SSSR count). The van der Waals surface area contributed by atoms with Crippen LogP contribution in [0, 0.1) is 12.8 Å². The van der Waals surface area contributed by atoms with Gasteiger partial charge in [-0.2, -0.15) is 0 Å². The predicted octanol–water partition coefficient (Wildman–Crippen LogP) is 4.22. The minimum absolute atomic E-state index is 0.0626. The molecule has 0 saturated heterocycles. The van der Waals surface area contributed by atoms with Gasteiger partial charge in [-0.1, -0.05) is 51.2 Å². The maximum absolute atomic E-state index is 12.9. The molecule has 186 valence electrons. The van der Waals surface area contributed by atoms with Crippen LogP contribution in [0.3, 0.4) is 0 Å². The molecule has 0 spiro atoms. The van der Waals surface area contributed by atoms with Crippen LogP contribution < -0.4 is 16.4 Å². The van der Waals surface area contributed by atoms with E-state index in [4.69, 9.17) is 20.4 Å². The lowest BCUT2D eigenvalue weighted by molar-refractivity contribution is 0.0936. The van der Waals surface area contributed by atoms with E-state index in [9.17, 15) is 4.79 Å². The van der Waals surface area contributed by atoms with Gasteiger partial charge < -0.3 is 21.1 Å². The van der Waals surface area contributed by atoms with Crippen molar-refractivity contribution in [3.63, 3.8) is 0 Å². The average molecular weight is 469 g/mol. The monoisotopic (exact) mass is 468 g/mol. The molecule has 1 fully saturated rings. The summed E-state index contributed by atoms with van der Waals surface area (Å²) in [5, 5.41) is 7.55. The number of carbonyl (C=O) groups excluding carboxylic acids is 1. The molecule has 1 saturated carbocycles. The molecule has 1 aliphatic rings. The number of amides is 1. The number of aromatic nitrogens is 2. The summed E-state index contributed by atoms with van der Waals surface area (Å²) in [6.07, 6.45) is 6.85. The van der Waals surface area contributed by atoms with Gasteiger partial charge in [0.15, 0.2) is 0 Å². The number of hydrogen-bond donors (Lipinski definition) is 3. The Kier molecular flexibility index (Phi) is 9.62. The van der Waals surface area contributed by atoms with Crippen molar-refractivity contribution in [2.75, 3.05) is 25.6 Å². The third-order valence-electron chi connectivity index (χ3n) is 6.71. The van der Waals surface area contributed by atoms with E-state index in [1.807, 2.05) is 19.1 Å². The van der Waals surface area contributed by atoms with Gasteiger partial charge >= 0.3 is 0 Å². The second-order valence-corrected chi connectivity index (χ2v) is 9.27. The van der Waals surface area contributed by atoms with E-state index in [1.165, 1.54) is 0 Å². The van der Waals surface area contributed by atoms with E-state index < -0.39 is 0 Å². The Bertz CT molecular complexity index is 989. The molecule has 8 heteroatoms. The third-order valence-corrected chi connectivity index (χ3v) is 6.71. The molecule has 1 aliphatic carbocycles. The van der Waals surface area contributed by atoms with Crippen LogP contribution in [0.1, 0.15) is 75.0 Å². The lowest BCUT2D eigenvalue weighted by atomic mass is 9.90. The van der Waals surface area contributed by atoms with Crippen molar-refractivity contribution in [1.29, 1.82) is 0 Å². The van der Waals surface area contributed by atoms with E-state index >= 15 is 0 Å². The fourth-order valence-electron chi connectivity index (χ4n) is 4.44. The number of nitrogens with one attached hydrogen (secondary N) is 2. The van der Waals surface area contributed by atoms with Crippen molar-refractivity contribution in [2.45, 2.75) is 77.8 Å². The van der Waals surface area contributed by atoms with E-state index in [0.717, 1.165) is 55.0 Å². The van der Waals surface area contributed by atoms with Gasteiger partial charge in [-0.15, -0.1) is 0 Å². The van der Waals surface area contributed by atoms with Crippen molar-refractivity contribution < 1.29 is 9.53 Å². The molecule has 1 heterocycles. The fourth-order valence-corrected chi connectivity index (χ4v) is 4.44. The van der Waals surface area contributed by atoms with Gasteiger partial charge in [0.05, 0.1) is 24.0 Å². The number of methoxy groups -OCH3 is 1. The number of rotatable bonds is 11. The van der Waals surface area contributed by atoms with Gasteiger partial charge in [0, 0.05) is 31.5 Å². The SMILES string of the molecule is CCC(CC)CNC(=O)c1nc(N[C@H]2CCCC[C@H]2N=C(N)CCOC)c2cc(C)ccc2n1. The standard InChI is InChI=1S/C26H40N6O2/c1-5-18(6-2)16-28-26(33)25-30-20-12-11-17(3)15-19(20)24(32-25)31-22-10-8-7-9-21(22)29-23(27)13-14-34-4/h11-12,15,18,21-22H,5-10,13-14,16H2,1-4H3,(H2,27,29)(H,28,33)(H,30,31,32)/t21-,22+/m1/s1. The molecule has 0 bridgehead atoms. The van der Waals surface area contributed by atoms with Crippen LogP contribution in [0.5, 0.6) is 0 Å². The zero-order valence-corrected chi connectivity index (χ0v) is 21.1. The first-order chi connectivity index (χ1) is 16.4. The van der Waals surface area contributed by atoms with Crippen molar-refractivity contribution in [1.82, 2.24) is 15.3 Å². The molecule has 4 N–H and O–H groups in total. The summed E-state index contributed by atoms with van der Waals surface area (Å²) in [5.41, 5.74) is 8.04. The van der Waals surface area contributed by atoms with Gasteiger partial charge in [-0.3, -0.25) is 9.79 Å². The second kappa shape index (κ2) is 12.6. The molecule has 0 radical (unpaired) electrons. The van der Waals surface area contributed by atoms with Crippen LogP contribution in [0.25, 0.3) is 10.9 Å². The van der Waals surface area contributed by atoms with Gasteiger partial charge in [-0.05, 0) is 37.8 Å². The summed E-state index contributed by atoms with van der Waals surface area (Å²) in [7, 11) is 1.67. The predicted molar refractivity (Wildman–Crippen MR) is 138 cm³/mol. The van der Waals surface area contributed by atoms with Gasteiger partial charge in [0.1, 0.15) is 5.82 Å². The molecule has 0 unspecified atom stereocenters. The molecule has 1 amide bonds. The summed E-state index contributed by atoms with van der Waals surface area (Å²) in [6.45, 7) is 7.52. The molecular formula is C26H40N6O2. The van der Waals surface area contributed by atoms with E-state index in [2.05, 4.69) is 35.5 Å². The summed E-state index contributed by atoms with van der Waals surface area (Å²) in [6, 6.07) is 6.18. The number of anilines is 1. The Morgan fingerprint density at radius 2 is 2.00 bits per heavy atom. The van der Waals surface area contributed by atoms with Gasteiger partial charge in [0.2, 0.25) is 5.82 Å². The Labute approximate surface area is 203 Å². The molecule has 8 nitrogen and oxygen atoms in total. The Morgan fingerprint density at radius 3 is 2.74 bits per heavy atom. The van der Waals surface area contributed by atoms with Gasteiger partial charge in [-0.25, -0.2) is 9.97 Å². The van der Waals surface area contributed by atoms with Crippen molar-refractivity contribution in [3.8, 4) is 0 Å². The zero-order valence-electron chi connectivity index (χ0n) is 21.1. The van der Waals surface area contributed by atoms with Crippen molar-refractivity contribution >= 4 is 28.5 Å². The highest BCUT2D eigenvalue weighted by Crippen LogP contribution is 2.28. The third kappa shape index (κ3) is 6.88. The molecule has 1 aromatic heterocycles. The number of ether oxygens (including phenoxy) is 1. The van der Waals surface area contributed by atoms with Crippen LogP contribution in [0.15, 0.2) is 23.2 Å². The maximum atomic E-state index is 12.9. The Hall–Kier alpha value is -2.74. The van der Waals surface area contributed by atoms with Crippen LogP contribution >= 0.6 is 0 Å². The molecular weight excluding hydrogens is 428 g/mol. The highest BCUT2D eigenvalue weighted by Gasteiger charge is 2.26. The minimum Gasteiger partial charge on any atom is -0.387 e. The number of nitrogens with two attached hydrogens (primary N) is 1. The van der Waals surface area contributed by atoms with Crippen molar-refractivity contribution in [3.05, 3.63) is 29.6 Å². The highest BCUT2D eigenvalue weighted by atomic mass is 16.5. The second-order valence-electron chi connectivity index (χ2n) is 9.27. The van der Waals surface area contributed by atoms with Crippen LogP contribution in [-0.4, -0.2) is 54.1 Å². The molecule has 2 aromatic rings. The topological polar surface area (TPSA) is 115 Å². The first-order valence-electron chi connectivity index (χ1n) is 12.6. The van der Waals surface area contributed by atoms with Crippen LogP contribution in [0.4, 0.5) is 5.82 Å². The highest BCUT2D eigenvalue weighted by molar-refractivity contribution is 5.96. The van der Waals surface area contributed by atoms with E-state index in [1.54, 1.807) is 7.11 Å². The largest absolute Gasteiger partial charge is 0.387 e. The lowest BCUT2D eigenvalue weighted by Crippen LogP contribution is -2.37. The number of fused-ring (bicyclic) bond motifs is 1. The summed E-state index contributed by atoms with van der Waals surface area (Å²) < 4.78 is 5.14. The quantitative estimate of drug-likeness (QED) is 0.336. The maximum Gasteiger partial charge on any atom is 0.289 e. The van der Waals surface area contributed by atoms with E-state index in [-0.39, 0.29) is 23.8 Å². The summed E-state index contributed by atoms with van der Waals surface area (Å²) in [4.78, 5) is 27.0. The number of benzene rings is 1. The first-order valence-corrected chi connectivity index (χ1v) is 12.6. The van der Waals surface area contributed by atoms with Crippen LogP contribution in [0.2, 0.25) is 0 Å². The Morgan fingerprint density at radius 1 is 1.24 bits per heavy atom. The number of amidine groups is 1. The Balaban J connectivity index is 1.88. The number of carbonyl (C=O) groups is 1. The van der Waals surface area contributed by atoms with Crippen molar-refractivity contribution in [2.24, 2.45) is 16.6 Å². The zero-order chi connectivity index (χ0) is 24.5. The normalized spacial score (nSPS) is 18.9. The summed E-state index contributed by atoms with van der Waals surface area (Å²) >= 11 is 0. The first kappa shape index (κ1) is 25.9. The lowest BCUT2D eigenvalue weighted by Gasteiger charge is -2.30. The number of hydrogen-bond acceptors (Lipinski definition) is 6. The molecule has 2 atom stereocenters. The average Bonchev–Trinajstić information content (AvgIpc) is 2.84. The fraction of sp³-hybridized carbons (Fsp3) is 0.615. The van der Waals surface area contributed by atoms with Gasteiger partial charge in [0.25, 0.3) is 5.91 Å². The molecule has 34 heavy (non-hydrogen) atoms. The number of aliphatic imine (C=N–C) groups is 1. The van der Waals surface area contributed by atoms with E-state index in [0.29, 0.717) is 37.1 Å². The molecule has 1 aromatic carbocycles. The minimum atomic E-state index is -0.237. The number of nitrogens with zero attached hydrogens (tertiary/aromatic N) is 3. The smallest absolute Gasteiger partial charge is 0.289 e. The summed E-state index contributed by atoms with van der Waals surface area (Å²) in [5.74, 6) is 1.71. The van der Waals surface area contributed by atoms with Crippen LogP contribution in [-0.2, 0) is 4.74 Å².